The van der Waals surface area contributed by atoms with E-state index in [4.69, 9.17) is 9.72 Å². The van der Waals surface area contributed by atoms with Gasteiger partial charge in [0.1, 0.15) is 27.7 Å². The first-order valence-corrected chi connectivity index (χ1v) is 13.4. The average molecular weight is 509 g/mol. The highest BCUT2D eigenvalue weighted by Gasteiger charge is 2.17. The van der Waals surface area contributed by atoms with Crippen LogP contribution in [0.5, 0.6) is 5.75 Å². The third-order valence-electron chi connectivity index (χ3n) is 6.06. The fourth-order valence-corrected chi connectivity index (χ4v) is 6.44. The first-order chi connectivity index (χ1) is 17.6. The maximum absolute atomic E-state index is 5.62. The van der Waals surface area contributed by atoms with Gasteiger partial charge in [-0.25, -0.2) is 15.0 Å². The Morgan fingerprint density at radius 2 is 1.64 bits per heavy atom. The Balaban J connectivity index is 1.33. The van der Waals surface area contributed by atoms with Crippen molar-refractivity contribution < 1.29 is 4.74 Å². The van der Waals surface area contributed by atoms with Crippen LogP contribution in [0.4, 0.5) is 11.5 Å². The molecule has 0 saturated carbocycles. The van der Waals surface area contributed by atoms with Crippen LogP contribution in [0.15, 0.2) is 73.1 Å². The van der Waals surface area contributed by atoms with E-state index >= 15 is 0 Å². The van der Waals surface area contributed by atoms with Crippen LogP contribution >= 0.6 is 22.7 Å². The second-order valence-electron chi connectivity index (χ2n) is 8.59. The zero-order valence-corrected chi connectivity index (χ0v) is 21.8. The van der Waals surface area contributed by atoms with E-state index < -0.39 is 0 Å². The number of hydrogen-bond acceptors (Lipinski definition) is 7. The normalized spacial score (nSPS) is 11.3. The highest BCUT2D eigenvalue weighted by Crippen LogP contribution is 2.41. The number of thiophene rings is 1. The molecule has 6 aromatic rings. The number of aryl methyl sites for hydroxylation is 2. The predicted octanol–water partition coefficient (Wildman–Crippen LogP) is 8.39. The third-order valence-corrected chi connectivity index (χ3v) is 8.14. The molecule has 3 heterocycles. The summed E-state index contributed by atoms with van der Waals surface area (Å²) in [5.41, 5.74) is 6.65. The quantitative estimate of drug-likeness (QED) is 0.245. The van der Waals surface area contributed by atoms with Crippen LogP contribution in [0.1, 0.15) is 17.4 Å². The van der Waals surface area contributed by atoms with Crippen molar-refractivity contribution in [3.05, 3.63) is 83.5 Å². The molecule has 7 heteroatoms. The summed E-state index contributed by atoms with van der Waals surface area (Å²) < 4.78 is 6.84. The summed E-state index contributed by atoms with van der Waals surface area (Å²) in [4.78, 5) is 16.2. The molecule has 0 radical (unpaired) electrons. The number of benzene rings is 3. The lowest BCUT2D eigenvalue weighted by molar-refractivity contribution is 0.340. The number of anilines is 2. The van der Waals surface area contributed by atoms with E-state index in [0.717, 1.165) is 54.7 Å². The molecule has 0 fully saturated rings. The highest BCUT2D eigenvalue weighted by molar-refractivity contribution is 7.21. The van der Waals surface area contributed by atoms with Crippen LogP contribution < -0.4 is 10.1 Å². The van der Waals surface area contributed by atoms with Gasteiger partial charge in [-0.15, -0.1) is 22.7 Å². The molecule has 178 valence electrons. The minimum atomic E-state index is 0.652. The van der Waals surface area contributed by atoms with Gasteiger partial charge in [0.25, 0.3) is 0 Å². The largest absolute Gasteiger partial charge is 0.494 e. The molecule has 0 unspecified atom stereocenters. The van der Waals surface area contributed by atoms with Crippen molar-refractivity contribution >= 4 is 54.6 Å². The summed E-state index contributed by atoms with van der Waals surface area (Å²) in [6.45, 7) is 6.89. The maximum Gasteiger partial charge on any atom is 0.143 e. The number of thiazole rings is 1. The van der Waals surface area contributed by atoms with E-state index in [0.29, 0.717) is 6.61 Å². The van der Waals surface area contributed by atoms with Crippen molar-refractivity contribution in [2.24, 2.45) is 0 Å². The molecule has 0 atom stereocenters. The molecular weight excluding hydrogens is 484 g/mol. The molecule has 0 amide bonds. The van der Waals surface area contributed by atoms with Crippen LogP contribution in [0.3, 0.4) is 0 Å². The van der Waals surface area contributed by atoms with E-state index in [9.17, 15) is 0 Å². The number of nitrogens with one attached hydrogen (secondary N) is 1. The summed E-state index contributed by atoms with van der Waals surface area (Å²) in [5.74, 6) is 1.67. The lowest BCUT2D eigenvalue weighted by atomic mass is 10.0. The predicted molar refractivity (Wildman–Crippen MR) is 152 cm³/mol. The summed E-state index contributed by atoms with van der Waals surface area (Å²) in [7, 11) is 0. The molecular formula is C29H24N4OS2. The van der Waals surface area contributed by atoms with Gasteiger partial charge in [0.05, 0.1) is 22.2 Å². The fourth-order valence-electron chi connectivity index (χ4n) is 4.36. The molecule has 3 aromatic carbocycles. The maximum atomic E-state index is 5.62. The van der Waals surface area contributed by atoms with Gasteiger partial charge < -0.3 is 10.1 Å². The van der Waals surface area contributed by atoms with Gasteiger partial charge in [-0.2, -0.15) is 0 Å². The van der Waals surface area contributed by atoms with E-state index in [1.807, 2.05) is 19.1 Å². The van der Waals surface area contributed by atoms with Gasteiger partial charge in [-0.05, 0) is 80.4 Å². The Morgan fingerprint density at radius 3 is 2.42 bits per heavy atom. The van der Waals surface area contributed by atoms with Crippen LogP contribution in [-0.4, -0.2) is 21.6 Å². The van der Waals surface area contributed by atoms with Crippen molar-refractivity contribution in [1.29, 1.82) is 0 Å². The Morgan fingerprint density at radius 1 is 0.861 bits per heavy atom. The SMILES string of the molecule is CCOc1ccc(-c2c(C)sc3ncnc(Nc4ccc(-c5nc6ccc(C)cc6s5)cc4)c23)cc1. The van der Waals surface area contributed by atoms with E-state index in [1.165, 1.54) is 15.1 Å². The summed E-state index contributed by atoms with van der Waals surface area (Å²) in [5, 5.41) is 5.59. The summed E-state index contributed by atoms with van der Waals surface area (Å²) >= 11 is 3.41. The summed E-state index contributed by atoms with van der Waals surface area (Å²) in [6.07, 6.45) is 1.63. The molecule has 6 rings (SSSR count). The second kappa shape index (κ2) is 9.33. The molecule has 3 aromatic heterocycles. The minimum absolute atomic E-state index is 0.652. The number of aromatic nitrogens is 3. The molecule has 0 spiro atoms. The second-order valence-corrected chi connectivity index (χ2v) is 10.8. The van der Waals surface area contributed by atoms with Gasteiger partial charge in [0, 0.05) is 21.7 Å². The smallest absolute Gasteiger partial charge is 0.143 e. The molecule has 0 aliphatic rings. The van der Waals surface area contributed by atoms with Crippen molar-refractivity contribution in [3.8, 4) is 27.4 Å². The number of hydrogen-bond donors (Lipinski definition) is 1. The van der Waals surface area contributed by atoms with E-state index in [2.05, 4.69) is 83.7 Å². The molecule has 0 aliphatic carbocycles. The molecule has 36 heavy (non-hydrogen) atoms. The van der Waals surface area contributed by atoms with Crippen LogP contribution in [0, 0.1) is 13.8 Å². The highest BCUT2D eigenvalue weighted by atomic mass is 32.1. The molecule has 0 bridgehead atoms. The first kappa shape index (κ1) is 22.6. The number of nitrogens with zero attached hydrogens (tertiary/aromatic N) is 3. The van der Waals surface area contributed by atoms with Crippen LogP contribution in [-0.2, 0) is 0 Å². The van der Waals surface area contributed by atoms with Crippen molar-refractivity contribution in [2.45, 2.75) is 20.8 Å². The Bertz CT molecular complexity index is 1690. The van der Waals surface area contributed by atoms with E-state index in [-0.39, 0.29) is 0 Å². The topological polar surface area (TPSA) is 59.9 Å². The number of fused-ring (bicyclic) bond motifs is 2. The van der Waals surface area contributed by atoms with Crippen molar-refractivity contribution in [2.75, 3.05) is 11.9 Å². The molecule has 0 saturated heterocycles. The fraction of sp³-hybridized carbons (Fsp3) is 0.138. The monoisotopic (exact) mass is 508 g/mol. The Labute approximate surface area is 217 Å². The third kappa shape index (κ3) is 4.21. The van der Waals surface area contributed by atoms with E-state index in [1.54, 1.807) is 29.0 Å². The van der Waals surface area contributed by atoms with Gasteiger partial charge >= 0.3 is 0 Å². The van der Waals surface area contributed by atoms with Gasteiger partial charge in [-0.3, -0.25) is 0 Å². The molecule has 0 aliphatic heterocycles. The minimum Gasteiger partial charge on any atom is -0.494 e. The Hall–Kier alpha value is -3.81. The zero-order valence-electron chi connectivity index (χ0n) is 20.2. The lowest BCUT2D eigenvalue weighted by Gasteiger charge is -2.10. The van der Waals surface area contributed by atoms with Gasteiger partial charge in [-0.1, -0.05) is 18.2 Å². The number of rotatable bonds is 6. The van der Waals surface area contributed by atoms with Crippen molar-refractivity contribution in [1.82, 2.24) is 15.0 Å². The average Bonchev–Trinajstić information content (AvgIpc) is 3.46. The standard InChI is InChI=1S/C29H24N4OS2/c1-4-34-22-12-8-19(9-13-22)25-18(3)35-29-26(25)27(30-16-31-29)32-21-10-6-20(7-11-21)28-33-23-14-5-17(2)15-24(23)36-28/h5-16H,4H2,1-3H3,(H,30,31,32). The lowest BCUT2D eigenvalue weighted by Crippen LogP contribution is -1.96. The first-order valence-electron chi connectivity index (χ1n) is 11.8. The number of ether oxygens (including phenoxy) is 1. The summed E-state index contributed by atoms with van der Waals surface area (Å²) in [6, 6.07) is 23.0. The van der Waals surface area contributed by atoms with Crippen LogP contribution in [0.25, 0.3) is 42.1 Å². The van der Waals surface area contributed by atoms with Gasteiger partial charge in [0.2, 0.25) is 0 Å². The molecule has 5 nitrogen and oxygen atoms in total. The van der Waals surface area contributed by atoms with Gasteiger partial charge in [0.15, 0.2) is 0 Å². The van der Waals surface area contributed by atoms with Crippen LogP contribution in [0.2, 0.25) is 0 Å². The zero-order chi connectivity index (χ0) is 24.6. The Kier molecular flexibility index (Phi) is 5.87. The molecule has 1 N–H and O–H groups in total. The van der Waals surface area contributed by atoms with Crippen molar-refractivity contribution in [3.63, 3.8) is 0 Å².